The third-order valence-corrected chi connectivity index (χ3v) is 3.86. The second kappa shape index (κ2) is 7.42. The fourth-order valence-corrected chi connectivity index (χ4v) is 2.40. The summed E-state index contributed by atoms with van der Waals surface area (Å²) < 4.78 is 0. The predicted octanol–water partition coefficient (Wildman–Crippen LogP) is 3.84. The normalized spacial score (nSPS) is 12.8. The van der Waals surface area contributed by atoms with Crippen LogP contribution in [0.4, 0.5) is 5.69 Å². The van der Waals surface area contributed by atoms with Gasteiger partial charge in [0.25, 0.3) is 0 Å². The van der Waals surface area contributed by atoms with Crippen LogP contribution in [0.2, 0.25) is 0 Å². The van der Waals surface area contributed by atoms with Gasteiger partial charge in [0, 0.05) is 25.8 Å². The molecule has 0 amide bonds. The molecule has 2 nitrogen and oxygen atoms in total. The lowest BCUT2D eigenvalue weighted by atomic mass is 9.91. The van der Waals surface area contributed by atoms with Gasteiger partial charge in [-0.05, 0) is 37.1 Å². The van der Waals surface area contributed by atoms with Gasteiger partial charge < -0.3 is 10.2 Å². The first-order chi connectivity index (χ1) is 8.62. The molecular formula is C16H28N2. The predicted molar refractivity (Wildman–Crippen MR) is 81.3 cm³/mol. The minimum Gasteiger partial charge on any atom is -0.378 e. The second-order valence-corrected chi connectivity index (χ2v) is 5.25. The zero-order valence-corrected chi connectivity index (χ0v) is 12.5. The highest BCUT2D eigenvalue weighted by Gasteiger charge is 2.14. The van der Waals surface area contributed by atoms with Crippen LogP contribution in [-0.2, 0) is 0 Å². The van der Waals surface area contributed by atoms with Gasteiger partial charge in [-0.2, -0.15) is 0 Å². The monoisotopic (exact) mass is 248 g/mol. The third-order valence-electron chi connectivity index (χ3n) is 3.86. The first-order valence-corrected chi connectivity index (χ1v) is 7.06. The number of hydrogen-bond acceptors (Lipinski definition) is 2. The summed E-state index contributed by atoms with van der Waals surface area (Å²) in [6.45, 7) is 4.58. The SMILES string of the molecule is CCC(CC)CC(NC)c1cccc(N(C)C)c1. The average molecular weight is 248 g/mol. The van der Waals surface area contributed by atoms with Gasteiger partial charge in [0.1, 0.15) is 0 Å². The summed E-state index contributed by atoms with van der Waals surface area (Å²) >= 11 is 0. The van der Waals surface area contributed by atoms with Gasteiger partial charge in [0.2, 0.25) is 0 Å². The van der Waals surface area contributed by atoms with Crippen LogP contribution in [0.25, 0.3) is 0 Å². The lowest BCUT2D eigenvalue weighted by Gasteiger charge is -2.23. The Balaban J connectivity index is 2.84. The molecule has 0 heterocycles. The van der Waals surface area contributed by atoms with Crippen molar-refractivity contribution in [3.63, 3.8) is 0 Å². The van der Waals surface area contributed by atoms with E-state index in [4.69, 9.17) is 0 Å². The molecule has 0 radical (unpaired) electrons. The molecule has 102 valence electrons. The van der Waals surface area contributed by atoms with Crippen molar-refractivity contribution >= 4 is 5.69 Å². The van der Waals surface area contributed by atoms with E-state index in [2.05, 4.69) is 69.5 Å². The van der Waals surface area contributed by atoms with Crippen molar-refractivity contribution in [2.24, 2.45) is 5.92 Å². The fourth-order valence-electron chi connectivity index (χ4n) is 2.40. The summed E-state index contributed by atoms with van der Waals surface area (Å²) in [5.41, 5.74) is 2.67. The summed E-state index contributed by atoms with van der Waals surface area (Å²) in [5.74, 6) is 0.811. The van der Waals surface area contributed by atoms with Gasteiger partial charge in [0.05, 0.1) is 0 Å². The molecule has 1 N–H and O–H groups in total. The molecule has 0 spiro atoms. The van der Waals surface area contributed by atoms with E-state index in [1.54, 1.807) is 0 Å². The highest BCUT2D eigenvalue weighted by Crippen LogP contribution is 2.27. The smallest absolute Gasteiger partial charge is 0.0364 e. The Bertz CT molecular complexity index is 343. The topological polar surface area (TPSA) is 15.3 Å². The van der Waals surface area contributed by atoms with Gasteiger partial charge in [-0.1, -0.05) is 38.8 Å². The standard InChI is InChI=1S/C16H28N2/c1-6-13(7-2)11-16(17-3)14-9-8-10-15(12-14)18(4)5/h8-10,12-13,16-17H,6-7,11H2,1-5H3. The van der Waals surface area contributed by atoms with Crippen molar-refractivity contribution in [1.82, 2.24) is 5.32 Å². The molecule has 1 aromatic carbocycles. The highest BCUT2D eigenvalue weighted by molar-refractivity contribution is 5.47. The van der Waals surface area contributed by atoms with E-state index in [9.17, 15) is 0 Å². The van der Waals surface area contributed by atoms with Crippen LogP contribution in [0, 0.1) is 5.92 Å². The lowest BCUT2D eigenvalue weighted by molar-refractivity contribution is 0.385. The molecule has 0 saturated carbocycles. The van der Waals surface area contributed by atoms with Crippen LogP contribution in [0.15, 0.2) is 24.3 Å². The molecule has 1 aromatic rings. The number of nitrogens with one attached hydrogen (secondary N) is 1. The molecule has 18 heavy (non-hydrogen) atoms. The van der Waals surface area contributed by atoms with Gasteiger partial charge in [0.15, 0.2) is 0 Å². The zero-order valence-electron chi connectivity index (χ0n) is 12.5. The van der Waals surface area contributed by atoms with Crippen LogP contribution in [0.1, 0.15) is 44.7 Å². The number of nitrogens with zero attached hydrogens (tertiary/aromatic N) is 1. The average Bonchev–Trinajstić information content (AvgIpc) is 2.40. The molecule has 0 aromatic heterocycles. The summed E-state index contributed by atoms with van der Waals surface area (Å²) in [6.07, 6.45) is 3.75. The van der Waals surface area contributed by atoms with Crippen molar-refractivity contribution in [3.05, 3.63) is 29.8 Å². The molecule has 0 aliphatic heterocycles. The third kappa shape index (κ3) is 4.02. The maximum Gasteiger partial charge on any atom is 0.0364 e. The Morgan fingerprint density at radius 1 is 1.17 bits per heavy atom. The minimum atomic E-state index is 0.467. The summed E-state index contributed by atoms with van der Waals surface area (Å²) in [7, 11) is 6.25. The summed E-state index contributed by atoms with van der Waals surface area (Å²) in [6, 6.07) is 9.31. The molecule has 1 rings (SSSR count). The molecule has 0 aliphatic rings. The van der Waals surface area contributed by atoms with Crippen LogP contribution in [0.5, 0.6) is 0 Å². The van der Waals surface area contributed by atoms with Crippen LogP contribution in [0.3, 0.4) is 0 Å². The van der Waals surface area contributed by atoms with Gasteiger partial charge in [-0.15, -0.1) is 0 Å². The summed E-state index contributed by atoms with van der Waals surface area (Å²) in [4.78, 5) is 2.16. The van der Waals surface area contributed by atoms with Crippen LogP contribution in [-0.4, -0.2) is 21.1 Å². The summed E-state index contributed by atoms with van der Waals surface area (Å²) in [5, 5.41) is 3.47. The molecule has 0 saturated heterocycles. The van der Waals surface area contributed by atoms with E-state index in [0.717, 1.165) is 5.92 Å². The van der Waals surface area contributed by atoms with Gasteiger partial charge in [-0.3, -0.25) is 0 Å². The molecule has 1 unspecified atom stereocenters. The number of hydrogen-bond donors (Lipinski definition) is 1. The van der Waals surface area contributed by atoms with Gasteiger partial charge in [-0.25, -0.2) is 0 Å². The highest BCUT2D eigenvalue weighted by atomic mass is 15.1. The molecule has 0 fully saturated rings. The van der Waals surface area contributed by atoms with E-state index in [0.29, 0.717) is 6.04 Å². The van der Waals surface area contributed by atoms with E-state index in [-0.39, 0.29) is 0 Å². The molecule has 2 heteroatoms. The number of anilines is 1. The maximum atomic E-state index is 3.47. The Hall–Kier alpha value is -1.02. The van der Waals surface area contributed by atoms with E-state index in [1.807, 2.05) is 0 Å². The maximum absolute atomic E-state index is 3.47. The van der Waals surface area contributed by atoms with Crippen molar-refractivity contribution in [3.8, 4) is 0 Å². The first-order valence-electron chi connectivity index (χ1n) is 7.06. The van der Waals surface area contributed by atoms with Crippen molar-refractivity contribution in [2.75, 3.05) is 26.0 Å². The first kappa shape index (κ1) is 15.0. The minimum absolute atomic E-state index is 0.467. The van der Waals surface area contributed by atoms with E-state index in [1.165, 1.54) is 30.5 Å². The van der Waals surface area contributed by atoms with E-state index < -0.39 is 0 Å². The zero-order chi connectivity index (χ0) is 13.5. The second-order valence-electron chi connectivity index (χ2n) is 5.25. The molecule has 0 bridgehead atoms. The quantitative estimate of drug-likeness (QED) is 0.788. The molecule has 0 aliphatic carbocycles. The van der Waals surface area contributed by atoms with E-state index >= 15 is 0 Å². The van der Waals surface area contributed by atoms with Crippen molar-refractivity contribution in [2.45, 2.75) is 39.2 Å². The van der Waals surface area contributed by atoms with Crippen molar-refractivity contribution < 1.29 is 0 Å². The Morgan fingerprint density at radius 3 is 2.33 bits per heavy atom. The Kier molecular flexibility index (Phi) is 6.20. The van der Waals surface area contributed by atoms with Crippen molar-refractivity contribution in [1.29, 1.82) is 0 Å². The lowest BCUT2D eigenvalue weighted by Crippen LogP contribution is -2.20. The molecular weight excluding hydrogens is 220 g/mol. The number of benzene rings is 1. The number of rotatable bonds is 7. The Morgan fingerprint density at radius 2 is 1.83 bits per heavy atom. The van der Waals surface area contributed by atoms with Crippen LogP contribution < -0.4 is 10.2 Å². The molecule has 1 atom stereocenters. The Labute approximate surface area is 112 Å². The fraction of sp³-hybridized carbons (Fsp3) is 0.625. The largest absolute Gasteiger partial charge is 0.378 e. The van der Waals surface area contributed by atoms with Gasteiger partial charge >= 0.3 is 0 Å². The van der Waals surface area contributed by atoms with Crippen LogP contribution >= 0.6 is 0 Å².